The van der Waals surface area contributed by atoms with Crippen LogP contribution in [-0.4, -0.2) is 29.9 Å². The fraction of sp³-hybridized carbons (Fsp3) is 0.348. The van der Waals surface area contributed by atoms with Crippen LogP contribution in [0.15, 0.2) is 66.9 Å². The van der Waals surface area contributed by atoms with Gasteiger partial charge in [0.25, 0.3) is 0 Å². The quantitative estimate of drug-likeness (QED) is 0.799. The summed E-state index contributed by atoms with van der Waals surface area (Å²) in [6, 6.07) is 19.1. The molecule has 2 aromatic rings. The molecule has 0 bridgehead atoms. The van der Waals surface area contributed by atoms with Crippen molar-refractivity contribution in [3.8, 4) is 11.1 Å². The number of ketones is 1. The molecule has 3 heteroatoms. The summed E-state index contributed by atoms with van der Waals surface area (Å²) in [6.45, 7) is 1.71. The summed E-state index contributed by atoms with van der Waals surface area (Å²) in [5.41, 5.74) is 3.61. The second-order valence-corrected chi connectivity index (χ2v) is 7.18. The van der Waals surface area contributed by atoms with Crippen LogP contribution in [-0.2, 0) is 9.53 Å². The van der Waals surface area contributed by atoms with Crippen LogP contribution in [0.1, 0.15) is 37.3 Å². The highest BCUT2D eigenvalue weighted by Gasteiger charge is 2.27. The van der Waals surface area contributed by atoms with Crippen molar-refractivity contribution in [3.05, 3.63) is 72.4 Å². The SMILES string of the molecule is O=C1C=CN(CC2CCCCO2)C(c2ccc(-c3ccccc3)cc2)C1. The van der Waals surface area contributed by atoms with E-state index in [-0.39, 0.29) is 17.9 Å². The number of hydrogen-bond acceptors (Lipinski definition) is 3. The summed E-state index contributed by atoms with van der Waals surface area (Å²) >= 11 is 0. The smallest absolute Gasteiger partial charge is 0.159 e. The average molecular weight is 347 g/mol. The largest absolute Gasteiger partial charge is 0.376 e. The summed E-state index contributed by atoms with van der Waals surface area (Å²) in [7, 11) is 0. The number of benzene rings is 2. The second-order valence-electron chi connectivity index (χ2n) is 7.18. The van der Waals surface area contributed by atoms with Crippen LogP contribution in [0.2, 0.25) is 0 Å². The Kier molecular flexibility index (Phi) is 5.16. The Morgan fingerprint density at radius 3 is 2.46 bits per heavy atom. The van der Waals surface area contributed by atoms with E-state index in [9.17, 15) is 4.79 Å². The third-order valence-electron chi connectivity index (χ3n) is 5.34. The third-order valence-corrected chi connectivity index (χ3v) is 5.34. The zero-order valence-corrected chi connectivity index (χ0v) is 15.0. The van der Waals surface area contributed by atoms with Crippen LogP contribution in [0, 0.1) is 0 Å². The van der Waals surface area contributed by atoms with Gasteiger partial charge in [-0.1, -0.05) is 54.6 Å². The van der Waals surface area contributed by atoms with E-state index in [4.69, 9.17) is 4.74 Å². The Balaban J connectivity index is 1.53. The van der Waals surface area contributed by atoms with Crippen LogP contribution < -0.4 is 0 Å². The molecule has 1 saturated heterocycles. The summed E-state index contributed by atoms with van der Waals surface area (Å²) in [6.07, 6.45) is 7.98. The molecule has 0 aliphatic carbocycles. The monoisotopic (exact) mass is 347 g/mol. The Bertz CT molecular complexity index is 761. The van der Waals surface area contributed by atoms with Crippen molar-refractivity contribution in [2.24, 2.45) is 0 Å². The van der Waals surface area contributed by atoms with E-state index in [0.717, 1.165) is 26.0 Å². The summed E-state index contributed by atoms with van der Waals surface area (Å²) in [4.78, 5) is 14.3. The summed E-state index contributed by atoms with van der Waals surface area (Å²) in [5, 5.41) is 0. The van der Waals surface area contributed by atoms with Crippen molar-refractivity contribution in [2.75, 3.05) is 13.2 Å². The average Bonchev–Trinajstić information content (AvgIpc) is 2.71. The minimum atomic E-state index is 0.0999. The molecule has 2 aliphatic heterocycles. The minimum Gasteiger partial charge on any atom is -0.376 e. The Hall–Kier alpha value is -2.39. The summed E-state index contributed by atoms with van der Waals surface area (Å²) in [5.74, 6) is 0.197. The topological polar surface area (TPSA) is 29.5 Å². The number of carbonyl (C=O) groups is 1. The highest BCUT2D eigenvalue weighted by molar-refractivity contribution is 5.91. The van der Waals surface area contributed by atoms with Gasteiger partial charge in [0.2, 0.25) is 0 Å². The molecule has 134 valence electrons. The van der Waals surface area contributed by atoms with Gasteiger partial charge in [0.15, 0.2) is 5.78 Å². The molecule has 2 aliphatic rings. The van der Waals surface area contributed by atoms with Crippen LogP contribution in [0.4, 0.5) is 0 Å². The van der Waals surface area contributed by atoms with E-state index in [1.165, 1.54) is 23.1 Å². The van der Waals surface area contributed by atoms with Gasteiger partial charge in [0.05, 0.1) is 12.1 Å². The first-order valence-electron chi connectivity index (χ1n) is 9.53. The fourth-order valence-corrected chi connectivity index (χ4v) is 3.87. The Morgan fingerprint density at radius 2 is 1.73 bits per heavy atom. The number of ether oxygens (including phenoxy) is 1. The van der Waals surface area contributed by atoms with Gasteiger partial charge < -0.3 is 9.64 Å². The molecular weight excluding hydrogens is 322 g/mol. The summed E-state index contributed by atoms with van der Waals surface area (Å²) < 4.78 is 5.91. The zero-order chi connectivity index (χ0) is 17.8. The van der Waals surface area contributed by atoms with Crippen molar-refractivity contribution >= 4 is 5.78 Å². The molecule has 2 heterocycles. The molecule has 4 rings (SSSR count). The maximum atomic E-state index is 12.0. The van der Waals surface area contributed by atoms with Crippen LogP contribution >= 0.6 is 0 Å². The molecule has 1 fully saturated rings. The van der Waals surface area contributed by atoms with E-state index in [1.54, 1.807) is 6.08 Å². The van der Waals surface area contributed by atoms with Gasteiger partial charge in [-0.3, -0.25) is 4.79 Å². The van der Waals surface area contributed by atoms with E-state index < -0.39 is 0 Å². The lowest BCUT2D eigenvalue weighted by Gasteiger charge is -2.36. The molecule has 0 amide bonds. The third kappa shape index (κ3) is 3.88. The number of allylic oxidation sites excluding steroid dienone is 1. The molecule has 0 spiro atoms. The van der Waals surface area contributed by atoms with Crippen molar-refractivity contribution in [3.63, 3.8) is 0 Å². The van der Waals surface area contributed by atoms with Crippen molar-refractivity contribution in [2.45, 2.75) is 37.8 Å². The van der Waals surface area contributed by atoms with Crippen molar-refractivity contribution in [1.29, 1.82) is 0 Å². The van der Waals surface area contributed by atoms with Crippen LogP contribution in [0.3, 0.4) is 0 Å². The van der Waals surface area contributed by atoms with E-state index in [1.807, 2.05) is 12.3 Å². The van der Waals surface area contributed by atoms with E-state index in [0.29, 0.717) is 6.42 Å². The molecule has 0 saturated carbocycles. The van der Waals surface area contributed by atoms with Crippen molar-refractivity contribution in [1.82, 2.24) is 4.90 Å². The molecule has 2 aromatic carbocycles. The van der Waals surface area contributed by atoms with Crippen LogP contribution in [0.25, 0.3) is 11.1 Å². The molecule has 26 heavy (non-hydrogen) atoms. The lowest BCUT2D eigenvalue weighted by molar-refractivity contribution is -0.116. The molecule has 0 aromatic heterocycles. The predicted molar refractivity (Wildman–Crippen MR) is 104 cm³/mol. The maximum absolute atomic E-state index is 12.0. The molecule has 0 radical (unpaired) electrons. The molecule has 2 unspecified atom stereocenters. The highest BCUT2D eigenvalue weighted by Crippen LogP contribution is 2.31. The number of rotatable bonds is 4. The van der Waals surface area contributed by atoms with Gasteiger partial charge >= 0.3 is 0 Å². The lowest BCUT2D eigenvalue weighted by Crippen LogP contribution is -2.37. The second kappa shape index (κ2) is 7.88. The standard InChI is InChI=1S/C23H25NO2/c25-21-13-14-24(17-22-8-4-5-15-26-22)23(16-21)20-11-9-19(10-12-20)18-6-2-1-3-7-18/h1-3,6-7,9-14,22-23H,4-5,8,15-17H2. The first kappa shape index (κ1) is 17.0. The first-order valence-corrected chi connectivity index (χ1v) is 9.53. The Morgan fingerprint density at radius 1 is 0.962 bits per heavy atom. The van der Waals surface area contributed by atoms with Gasteiger partial charge in [-0.25, -0.2) is 0 Å². The maximum Gasteiger partial charge on any atom is 0.159 e. The van der Waals surface area contributed by atoms with Gasteiger partial charge in [-0.05, 0) is 42.0 Å². The molecule has 2 atom stereocenters. The highest BCUT2D eigenvalue weighted by atomic mass is 16.5. The first-order chi connectivity index (χ1) is 12.8. The molecule has 0 N–H and O–H groups in total. The minimum absolute atomic E-state index is 0.0999. The molecule has 3 nitrogen and oxygen atoms in total. The number of hydrogen-bond donors (Lipinski definition) is 0. The molecular formula is C23H25NO2. The fourth-order valence-electron chi connectivity index (χ4n) is 3.87. The number of nitrogens with zero attached hydrogens (tertiary/aromatic N) is 1. The van der Waals surface area contributed by atoms with E-state index >= 15 is 0 Å². The zero-order valence-electron chi connectivity index (χ0n) is 15.0. The van der Waals surface area contributed by atoms with Crippen LogP contribution in [0.5, 0.6) is 0 Å². The van der Waals surface area contributed by atoms with Gasteiger partial charge in [-0.15, -0.1) is 0 Å². The lowest BCUT2D eigenvalue weighted by atomic mass is 9.94. The number of carbonyl (C=O) groups excluding carboxylic acids is 1. The Labute approximate surface area is 155 Å². The predicted octanol–water partition coefficient (Wildman–Crippen LogP) is 4.75. The van der Waals surface area contributed by atoms with Gasteiger partial charge in [-0.2, -0.15) is 0 Å². The normalized spacial score (nSPS) is 23.2. The van der Waals surface area contributed by atoms with E-state index in [2.05, 4.69) is 53.4 Å². The van der Waals surface area contributed by atoms with Gasteiger partial charge in [0, 0.05) is 25.8 Å². The van der Waals surface area contributed by atoms with Gasteiger partial charge in [0.1, 0.15) is 0 Å². The van der Waals surface area contributed by atoms with Crippen molar-refractivity contribution < 1.29 is 9.53 Å².